The number of ether oxygens (including phenoxy) is 1. The van der Waals surface area contributed by atoms with Gasteiger partial charge in [-0.2, -0.15) is 0 Å². The third-order valence-corrected chi connectivity index (χ3v) is 4.84. The van der Waals surface area contributed by atoms with E-state index in [2.05, 4.69) is 10.6 Å². The highest BCUT2D eigenvalue weighted by Crippen LogP contribution is 2.21. The third-order valence-electron chi connectivity index (χ3n) is 4.84. The van der Waals surface area contributed by atoms with Gasteiger partial charge in [-0.3, -0.25) is 19.2 Å². The number of carbonyl (C=O) groups is 4. The van der Waals surface area contributed by atoms with Gasteiger partial charge in [-0.25, -0.2) is 4.39 Å². The number of rotatable bonds is 10. The van der Waals surface area contributed by atoms with Gasteiger partial charge in [-0.15, -0.1) is 0 Å². The molecule has 0 spiro atoms. The van der Waals surface area contributed by atoms with E-state index in [1.165, 1.54) is 45.6 Å². The van der Waals surface area contributed by atoms with Crippen molar-refractivity contribution in [2.24, 2.45) is 0 Å². The number of nitrogens with one attached hydrogen (secondary N) is 2. The Kier molecular flexibility index (Phi) is 12.4. The smallest absolute Gasteiger partial charge is 0.305 e. The van der Waals surface area contributed by atoms with Crippen molar-refractivity contribution in [3.8, 4) is 5.75 Å². The number of nitrogen functional groups attached to an aromatic ring is 1. The third kappa shape index (κ3) is 10.7. The second-order valence-corrected chi connectivity index (χ2v) is 7.46. The fourth-order valence-electron chi connectivity index (χ4n) is 3.17. The molecule has 2 amide bonds. The van der Waals surface area contributed by atoms with Gasteiger partial charge in [0, 0.05) is 11.3 Å². The van der Waals surface area contributed by atoms with Crippen LogP contribution in [0.2, 0.25) is 0 Å². The number of benzene rings is 1. The molecule has 1 saturated carbocycles. The molecule has 1 aromatic rings. The Morgan fingerprint density at radius 2 is 1.69 bits per heavy atom. The lowest BCUT2D eigenvalue weighted by Gasteiger charge is -2.15. The number of alkyl halides is 1. The van der Waals surface area contributed by atoms with E-state index in [1.807, 2.05) is 0 Å². The predicted molar refractivity (Wildman–Crippen MR) is 117 cm³/mol. The summed E-state index contributed by atoms with van der Waals surface area (Å²) in [6.07, 6.45) is 8.15. The first kappa shape index (κ1) is 26.9. The van der Waals surface area contributed by atoms with Crippen LogP contribution in [0.15, 0.2) is 18.2 Å². The van der Waals surface area contributed by atoms with Gasteiger partial charge in [0.15, 0.2) is 5.78 Å². The van der Waals surface area contributed by atoms with E-state index >= 15 is 0 Å². The molecule has 32 heavy (non-hydrogen) atoms. The lowest BCUT2D eigenvalue weighted by Crippen LogP contribution is -2.47. The highest BCUT2D eigenvalue weighted by Gasteiger charge is 2.23. The molecule has 0 bridgehead atoms. The van der Waals surface area contributed by atoms with Crippen LogP contribution >= 0.6 is 0 Å². The lowest BCUT2D eigenvalue weighted by atomic mass is 10.0. The van der Waals surface area contributed by atoms with E-state index < -0.39 is 49.2 Å². The summed E-state index contributed by atoms with van der Waals surface area (Å²) in [6.45, 7) is -1.90. The monoisotopic (exact) mass is 453 g/mol. The molecular formula is C22H32FN3O6. The van der Waals surface area contributed by atoms with E-state index in [4.69, 9.17) is 15.6 Å². The van der Waals surface area contributed by atoms with Crippen LogP contribution in [0.5, 0.6) is 5.75 Å². The van der Waals surface area contributed by atoms with Crippen LogP contribution < -0.4 is 21.1 Å². The number of hydrogen-bond acceptors (Lipinski definition) is 6. The Labute approximate surface area is 186 Å². The average Bonchev–Trinajstić information content (AvgIpc) is 2.78. The topological polar surface area (TPSA) is 148 Å². The van der Waals surface area contributed by atoms with Crippen LogP contribution in [0.3, 0.4) is 0 Å². The van der Waals surface area contributed by atoms with Gasteiger partial charge in [0.05, 0.1) is 26.5 Å². The van der Waals surface area contributed by atoms with E-state index in [-0.39, 0.29) is 6.42 Å². The van der Waals surface area contributed by atoms with Crippen molar-refractivity contribution in [1.29, 1.82) is 0 Å². The molecule has 1 aliphatic carbocycles. The van der Waals surface area contributed by atoms with Gasteiger partial charge in [0.25, 0.3) is 0 Å². The van der Waals surface area contributed by atoms with Crippen molar-refractivity contribution in [2.75, 3.05) is 26.1 Å². The zero-order chi connectivity index (χ0) is 23.9. The molecule has 178 valence electrons. The summed E-state index contributed by atoms with van der Waals surface area (Å²) in [5.74, 6) is -3.30. The number of carboxylic acid groups (broad SMARTS) is 1. The average molecular weight is 454 g/mol. The second-order valence-electron chi connectivity index (χ2n) is 7.46. The molecule has 0 radical (unpaired) electrons. The minimum Gasteiger partial charge on any atom is -0.496 e. The molecule has 9 nitrogen and oxygen atoms in total. The number of anilines is 1. The fourth-order valence-corrected chi connectivity index (χ4v) is 3.17. The highest BCUT2D eigenvalue weighted by atomic mass is 19.1. The number of amides is 2. The van der Waals surface area contributed by atoms with Crippen molar-refractivity contribution >= 4 is 29.3 Å². The van der Waals surface area contributed by atoms with Gasteiger partial charge < -0.3 is 26.2 Å². The van der Waals surface area contributed by atoms with Crippen molar-refractivity contribution in [1.82, 2.24) is 10.6 Å². The van der Waals surface area contributed by atoms with Gasteiger partial charge in [0.1, 0.15) is 18.5 Å². The SMILES string of the molecule is C1CCCCC1.COc1ccc(N)cc1CC(=O)NCC(=O)NC(CC(=O)O)C(=O)CF. The van der Waals surface area contributed by atoms with Crippen LogP contribution in [0.25, 0.3) is 0 Å². The van der Waals surface area contributed by atoms with Crippen LogP contribution in [0.1, 0.15) is 50.5 Å². The summed E-state index contributed by atoms with van der Waals surface area (Å²) in [5, 5.41) is 13.1. The zero-order valence-corrected chi connectivity index (χ0v) is 18.3. The Morgan fingerprint density at radius 3 is 2.19 bits per heavy atom. The van der Waals surface area contributed by atoms with Crippen LogP contribution in [-0.2, 0) is 25.6 Å². The number of nitrogens with two attached hydrogens (primary N) is 1. The molecule has 1 aliphatic rings. The first-order chi connectivity index (χ1) is 15.3. The number of ketones is 1. The Bertz CT molecular complexity index is 771. The number of aliphatic carboxylic acids is 1. The van der Waals surface area contributed by atoms with E-state index in [1.54, 1.807) is 18.2 Å². The summed E-state index contributed by atoms with van der Waals surface area (Å²) in [6, 6.07) is 3.28. The second kappa shape index (κ2) is 14.8. The van der Waals surface area contributed by atoms with Crippen molar-refractivity contribution in [2.45, 2.75) is 57.4 Å². The minimum absolute atomic E-state index is 0.108. The molecule has 0 aromatic heterocycles. The number of carbonyl (C=O) groups excluding carboxylic acids is 3. The van der Waals surface area contributed by atoms with Crippen molar-refractivity contribution < 1.29 is 33.4 Å². The maximum absolute atomic E-state index is 12.4. The van der Waals surface area contributed by atoms with Gasteiger partial charge in [0.2, 0.25) is 11.8 Å². The molecular weight excluding hydrogens is 421 g/mol. The first-order valence-corrected chi connectivity index (χ1v) is 10.6. The summed E-state index contributed by atoms with van der Waals surface area (Å²) in [5.41, 5.74) is 6.61. The summed E-state index contributed by atoms with van der Waals surface area (Å²) in [7, 11) is 1.44. The van der Waals surface area contributed by atoms with Crippen molar-refractivity contribution in [3.05, 3.63) is 23.8 Å². The summed E-state index contributed by atoms with van der Waals surface area (Å²) >= 11 is 0. The lowest BCUT2D eigenvalue weighted by molar-refractivity contribution is -0.140. The largest absolute Gasteiger partial charge is 0.496 e. The molecule has 0 heterocycles. The molecule has 10 heteroatoms. The standard InChI is InChI=1S/C16H20FN3O6.C6H12/c1-26-13-3-2-10(18)4-9(13)5-14(22)19-8-15(23)20-11(6-16(24)25)12(21)7-17;1-2-4-6-5-3-1/h2-4,11H,5-8,18H2,1H3,(H,19,22)(H,20,23)(H,24,25);1-6H2. The van der Waals surface area contributed by atoms with Crippen molar-refractivity contribution in [3.63, 3.8) is 0 Å². The van der Waals surface area contributed by atoms with Crippen LogP contribution in [0, 0.1) is 0 Å². The quantitative estimate of drug-likeness (QED) is 0.395. The Balaban J connectivity index is 0.000000730. The summed E-state index contributed by atoms with van der Waals surface area (Å²) in [4.78, 5) is 45.6. The number of hydrogen-bond donors (Lipinski definition) is 4. The molecule has 0 saturated heterocycles. The molecule has 2 rings (SSSR count). The number of methoxy groups -OCH3 is 1. The molecule has 1 fully saturated rings. The molecule has 5 N–H and O–H groups in total. The fraction of sp³-hybridized carbons (Fsp3) is 0.545. The maximum atomic E-state index is 12.4. The molecule has 1 unspecified atom stereocenters. The number of Topliss-reactive ketones (excluding diaryl/α,β-unsaturated/α-hetero) is 1. The summed E-state index contributed by atoms with van der Waals surface area (Å²) < 4.78 is 17.5. The van der Waals surface area contributed by atoms with E-state index in [0.29, 0.717) is 17.0 Å². The van der Waals surface area contributed by atoms with Crippen LogP contribution in [-0.4, -0.2) is 55.0 Å². The first-order valence-electron chi connectivity index (χ1n) is 10.6. The number of carboxylic acids is 1. The van der Waals surface area contributed by atoms with Gasteiger partial charge in [-0.1, -0.05) is 38.5 Å². The minimum atomic E-state index is -1.49. The molecule has 0 aliphatic heterocycles. The maximum Gasteiger partial charge on any atom is 0.305 e. The number of halogens is 1. The van der Waals surface area contributed by atoms with E-state index in [9.17, 15) is 23.6 Å². The molecule has 1 atom stereocenters. The molecule has 1 aromatic carbocycles. The van der Waals surface area contributed by atoms with Crippen LogP contribution in [0.4, 0.5) is 10.1 Å². The predicted octanol–water partition coefficient (Wildman–Crippen LogP) is 1.77. The highest BCUT2D eigenvalue weighted by molar-refractivity contribution is 5.94. The zero-order valence-electron chi connectivity index (χ0n) is 18.3. The van der Waals surface area contributed by atoms with Gasteiger partial charge in [-0.05, 0) is 18.2 Å². The van der Waals surface area contributed by atoms with E-state index in [0.717, 1.165) is 0 Å². The Morgan fingerprint density at radius 1 is 1.09 bits per heavy atom. The normalized spacial score (nSPS) is 13.7. The Hall–Kier alpha value is -3.17. The van der Waals surface area contributed by atoms with Gasteiger partial charge >= 0.3 is 5.97 Å².